The Balaban J connectivity index is 2.62. The molecule has 0 heterocycles. The lowest BCUT2D eigenvalue weighted by atomic mass is 10.1. The first-order valence-electron chi connectivity index (χ1n) is 5.22. The average Bonchev–Trinajstić information content (AvgIpc) is 2.21. The van der Waals surface area contributed by atoms with Gasteiger partial charge in [-0.15, -0.1) is 0 Å². The summed E-state index contributed by atoms with van der Waals surface area (Å²) in [4.78, 5) is 11.8. The van der Waals surface area contributed by atoms with Crippen LogP contribution in [-0.2, 0) is 0 Å². The van der Waals surface area contributed by atoms with Crippen molar-refractivity contribution < 1.29 is 4.79 Å². The summed E-state index contributed by atoms with van der Waals surface area (Å²) >= 11 is 11.8. The molecule has 0 spiro atoms. The van der Waals surface area contributed by atoms with E-state index in [9.17, 15) is 4.79 Å². The van der Waals surface area contributed by atoms with Crippen LogP contribution in [0.3, 0.4) is 0 Å². The topological polar surface area (TPSA) is 29.1 Å². The first kappa shape index (κ1) is 13.5. The Morgan fingerprint density at radius 1 is 1.38 bits per heavy atom. The van der Waals surface area contributed by atoms with E-state index in [4.69, 9.17) is 23.2 Å². The van der Waals surface area contributed by atoms with Crippen molar-refractivity contribution in [2.45, 2.75) is 26.3 Å². The molecule has 0 fully saturated rings. The van der Waals surface area contributed by atoms with E-state index in [1.807, 2.05) is 13.8 Å². The van der Waals surface area contributed by atoms with E-state index in [-0.39, 0.29) is 5.78 Å². The van der Waals surface area contributed by atoms with E-state index in [0.717, 1.165) is 0 Å². The molecule has 1 rings (SSSR count). The summed E-state index contributed by atoms with van der Waals surface area (Å²) in [5.74, 6) is 0.0145. The molecule has 0 aliphatic rings. The van der Waals surface area contributed by atoms with Crippen molar-refractivity contribution in [3.8, 4) is 0 Å². The van der Waals surface area contributed by atoms with Crippen LogP contribution in [-0.4, -0.2) is 18.4 Å². The average molecular weight is 260 g/mol. The number of nitrogens with one attached hydrogen (secondary N) is 1. The smallest absolute Gasteiger partial charge is 0.165 e. The maximum atomic E-state index is 11.8. The molecule has 1 aromatic rings. The molecular weight excluding hydrogens is 245 g/mol. The Morgan fingerprint density at radius 2 is 2.06 bits per heavy atom. The number of hydrogen-bond acceptors (Lipinski definition) is 2. The van der Waals surface area contributed by atoms with E-state index in [1.165, 1.54) is 0 Å². The molecule has 0 bridgehead atoms. The SMILES string of the molecule is CC(C)NCCC(=O)c1cc(Cl)ccc1Cl. The number of benzene rings is 1. The van der Waals surface area contributed by atoms with Crippen LogP contribution in [0.15, 0.2) is 18.2 Å². The summed E-state index contributed by atoms with van der Waals surface area (Å²) in [6, 6.07) is 5.31. The predicted octanol–water partition coefficient (Wildman–Crippen LogP) is 3.56. The van der Waals surface area contributed by atoms with Gasteiger partial charge in [0.2, 0.25) is 0 Å². The summed E-state index contributed by atoms with van der Waals surface area (Å²) < 4.78 is 0. The summed E-state index contributed by atoms with van der Waals surface area (Å²) in [5.41, 5.74) is 0.500. The van der Waals surface area contributed by atoms with Crippen LogP contribution in [0, 0.1) is 0 Å². The second-order valence-corrected chi connectivity index (χ2v) is 4.75. The third-order valence-corrected chi connectivity index (χ3v) is 2.70. The van der Waals surface area contributed by atoms with Gasteiger partial charge in [0, 0.05) is 29.6 Å². The first-order valence-corrected chi connectivity index (χ1v) is 5.98. The van der Waals surface area contributed by atoms with Gasteiger partial charge in [-0.3, -0.25) is 4.79 Å². The molecule has 88 valence electrons. The molecule has 0 radical (unpaired) electrons. The molecule has 0 aliphatic carbocycles. The predicted molar refractivity (Wildman–Crippen MR) is 68.5 cm³/mol. The highest BCUT2D eigenvalue weighted by Gasteiger charge is 2.10. The molecule has 0 unspecified atom stereocenters. The summed E-state index contributed by atoms with van der Waals surface area (Å²) in [7, 11) is 0. The Morgan fingerprint density at radius 3 is 2.69 bits per heavy atom. The van der Waals surface area contributed by atoms with Gasteiger partial charge >= 0.3 is 0 Å². The third kappa shape index (κ3) is 4.12. The van der Waals surface area contributed by atoms with Crippen molar-refractivity contribution in [1.82, 2.24) is 5.32 Å². The van der Waals surface area contributed by atoms with Gasteiger partial charge in [0.25, 0.3) is 0 Å². The lowest BCUT2D eigenvalue weighted by Crippen LogP contribution is -2.25. The van der Waals surface area contributed by atoms with Gasteiger partial charge in [-0.05, 0) is 18.2 Å². The molecule has 0 aromatic heterocycles. The van der Waals surface area contributed by atoms with E-state index in [2.05, 4.69) is 5.32 Å². The first-order chi connectivity index (χ1) is 7.50. The molecule has 2 nitrogen and oxygen atoms in total. The number of rotatable bonds is 5. The maximum Gasteiger partial charge on any atom is 0.165 e. The Hall–Kier alpha value is -0.570. The number of carbonyl (C=O) groups excluding carboxylic acids is 1. The second kappa shape index (κ2) is 6.24. The van der Waals surface area contributed by atoms with Gasteiger partial charge < -0.3 is 5.32 Å². The standard InChI is InChI=1S/C12H15Cl2NO/c1-8(2)15-6-5-12(16)10-7-9(13)3-4-11(10)14/h3-4,7-8,15H,5-6H2,1-2H3. The van der Waals surface area contributed by atoms with Gasteiger partial charge in [0.05, 0.1) is 5.02 Å². The van der Waals surface area contributed by atoms with E-state index >= 15 is 0 Å². The van der Waals surface area contributed by atoms with Crippen LogP contribution < -0.4 is 5.32 Å². The highest BCUT2D eigenvalue weighted by molar-refractivity contribution is 6.35. The fourth-order valence-corrected chi connectivity index (χ4v) is 1.72. The Labute approximate surface area is 106 Å². The van der Waals surface area contributed by atoms with Gasteiger partial charge in [-0.2, -0.15) is 0 Å². The quantitative estimate of drug-likeness (QED) is 0.820. The van der Waals surface area contributed by atoms with Crippen LogP contribution in [0.4, 0.5) is 0 Å². The molecular formula is C12H15Cl2NO. The molecule has 1 N–H and O–H groups in total. The minimum absolute atomic E-state index is 0.0145. The minimum atomic E-state index is 0.0145. The minimum Gasteiger partial charge on any atom is -0.314 e. The molecule has 4 heteroatoms. The molecule has 0 saturated heterocycles. The Bertz CT molecular complexity index is 377. The molecule has 0 amide bonds. The van der Waals surface area contributed by atoms with Crippen molar-refractivity contribution >= 4 is 29.0 Å². The Kier molecular flexibility index (Phi) is 5.26. The normalized spacial score (nSPS) is 10.8. The van der Waals surface area contributed by atoms with Crippen LogP contribution in [0.1, 0.15) is 30.6 Å². The molecule has 0 saturated carbocycles. The van der Waals surface area contributed by atoms with Crippen molar-refractivity contribution in [3.63, 3.8) is 0 Å². The second-order valence-electron chi connectivity index (χ2n) is 3.91. The van der Waals surface area contributed by atoms with Gasteiger partial charge in [-0.25, -0.2) is 0 Å². The van der Waals surface area contributed by atoms with Crippen molar-refractivity contribution in [3.05, 3.63) is 33.8 Å². The summed E-state index contributed by atoms with van der Waals surface area (Å²) in [6.07, 6.45) is 0.429. The molecule has 0 atom stereocenters. The summed E-state index contributed by atoms with van der Waals surface area (Å²) in [6.45, 7) is 4.73. The fourth-order valence-electron chi connectivity index (χ4n) is 1.32. The zero-order valence-electron chi connectivity index (χ0n) is 9.39. The van der Waals surface area contributed by atoms with Crippen LogP contribution >= 0.6 is 23.2 Å². The van der Waals surface area contributed by atoms with E-state index in [1.54, 1.807) is 18.2 Å². The highest BCUT2D eigenvalue weighted by Crippen LogP contribution is 2.21. The van der Waals surface area contributed by atoms with Gasteiger partial charge in [0.15, 0.2) is 5.78 Å². The monoisotopic (exact) mass is 259 g/mol. The zero-order chi connectivity index (χ0) is 12.1. The largest absolute Gasteiger partial charge is 0.314 e. The van der Waals surface area contributed by atoms with E-state index in [0.29, 0.717) is 34.6 Å². The summed E-state index contributed by atoms with van der Waals surface area (Å²) in [5, 5.41) is 4.17. The lowest BCUT2D eigenvalue weighted by Gasteiger charge is -2.08. The number of hydrogen-bond donors (Lipinski definition) is 1. The number of Topliss-reactive ketones (excluding diaryl/α,β-unsaturated/α-hetero) is 1. The third-order valence-electron chi connectivity index (χ3n) is 2.13. The molecule has 1 aromatic carbocycles. The number of carbonyl (C=O) groups is 1. The van der Waals surface area contributed by atoms with E-state index < -0.39 is 0 Å². The van der Waals surface area contributed by atoms with Crippen molar-refractivity contribution in [2.24, 2.45) is 0 Å². The van der Waals surface area contributed by atoms with Crippen LogP contribution in [0.25, 0.3) is 0 Å². The molecule has 16 heavy (non-hydrogen) atoms. The number of ketones is 1. The van der Waals surface area contributed by atoms with Gasteiger partial charge in [0.1, 0.15) is 0 Å². The maximum absolute atomic E-state index is 11.8. The lowest BCUT2D eigenvalue weighted by molar-refractivity contribution is 0.0982. The van der Waals surface area contributed by atoms with Crippen molar-refractivity contribution in [2.75, 3.05) is 6.54 Å². The van der Waals surface area contributed by atoms with Crippen LogP contribution in [0.2, 0.25) is 10.0 Å². The fraction of sp³-hybridized carbons (Fsp3) is 0.417. The molecule has 0 aliphatic heterocycles. The van der Waals surface area contributed by atoms with Crippen LogP contribution in [0.5, 0.6) is 0 Å². The highest BCUT2D eigenvalue weighted by atomic mass is 35.5. The number of halogens is 2. The zero-order valence-corrected chi connectivity index (χ0v) is 10.9. The van der Waals surface area contributed by atoms with Gasteiger partial charge in [-0.1, -0.05) is 37.0 Å². The van der Waals surface area contributed by atoms with Crippen molar-refractivity contribution in [1.29, 1.82) is 0 Å².